The van der Waals surface area contributed by atoms with Crippen LogP contribution in [0.25, 0.3) is 0 Å². The van der Waals surface area contributed by atoms with E-state index in [9.17, 15) is 4.79 Å². The summed E-state index contributed by atoms with van der Waals surface area (Å²) in [6.07, 6.45) is 5.31. The molecule has 1 aliphatic rings. The summed E-state index contributed by atoms with van der Waals surface area (Å²) in [5.74, 6) is 1.64. The number of thioether (sulfide) groups is 1. The Hall–Kier alpha value is -0.280. The highest BCUT2D eigenvalue weighted by atomic mass is 32.2. The third kappa shape index (κ3) is 3.35. The summed E-state index contributed by atoms with van der Waals surface area (Å²) in [5, 5.41) is 2.38. The first-order valence-electron chi connectivity index (χ1n) is 5.53. The van der Waals surface area contributed by atoms with Gasteiger partial charge in [0.15, 0.2) is 0 Å². The molecule has 2 heterocycles. The zero-order valence-electron chi connectivity index (χ0n) is 8.78. The molecule has 1 aromatic heterocycles. The first-order valence-corrected chi connectivity index (χ1v) is 7.46. The number of carbonyl (C=O) groups excluding carboxylic acids is 1. The third-order valence-electron chi connectivity index (χ3n) is 2.74. The SMILES string of the molecule is O=C(CCc1cccs1)C1CCCCS1. The van der Waals surface area contributed by atoms with Gasteiger partial charge in [0.2, 0.25) is 0 Å². The van der Waals surface area contributed by atoms with E-state index < -0.39 is 0 Å². The molecule has 1 fully saturated rings. The highest BCUT2D eigenvalue weighted by Crippen LogP contribution is 2.27. The Morgan fingerprint density at radius 3 is 3.07 bits per heavy atom. The molecule has 1 aliphatic heterocycles. The van der Waals surface area contributed by atoms with Crippen molar-refractivity contribution >= 4 is 28.9 Å². The largest absolute Gasteiger partial charge is 0.298 e. The van der Waals surface area contributed by atoms with Crippen molar-refractivity contribution in [2.45, 2.75) is 37.4 Å². The van der Waals surface area contributed by atoms with Gasteiger partial charge < -0.3 is 0 Å². The predicted octanol–water partition coefficient (Wildman–Crippen LogP) is 3.54. The second-order valence-electron chi connectivity index (χ2n) is 3.90. The van der Waals surface area contributed by atoms with Gasteiger partial charge in [-0.05, 0) is 36.5 Å². The minimum Gasteiger partial charge on any atom is -0.298 e. The Kier molecular flexibility index (Phi) is 4.27. The Balaban J connectivity index is 1.76. The molecule has 3 heteroatoms. The van der Waals surface area contributed by atoms with Gasteiger partial charge in [-0.2, -0.15) is 11.8 Å². The molecule has 1 unspecified atom stereocenters. The molecule has 1 saturated heterocycles. The van der Waals surface area contributed by atoms with Crippen molar-refractivity contribution in [1.29, 1.82) is 0 Å². The lowest BCUT2D eigenvalue weighted by molar-refractivity contribution is -0.118. The number of aryl methyl sites for hydroxylation is 1. The summed E-state index contributed by atoms with van der Waals surface area (Å²) in [4.78, 5) is 13.2. The number of ketones is 1. The molecule has 0 spiro atoms. The standard InChI is InChI=1S/C12H16OS2/c13-11(12-5-1-2-8-15-12)7-6-10-4-3-9-14-10/h3-4,9,12H,1-2,5-8H2. The number of Topliss-reactive ketones (excluding diaryl/α,β-unsaturated/α-hetero) is 1. The maximum atomic E-state index is 11.9. The summed E-state index contributed by atoms with van der Waals surface area (Å²) in [6, 6.07) is 4.17. The summed E-state index contributed by atoms with van der Waals surface area (Å²) in [5.41, 5.74) is 0. The number of thiophene rings is 1. The highest BCUT2D eigenvalue weighted by Gasteiger charge is 2.20. The third-order valence-corrected chi connectivity index (χ3v) is 5.10. The van der Waals surface area contributed by atoms with Gasteiger partial charge in [0.1, 0.15) is 5.78 Å². The van der Waals surface area contributed by atoms with Crippen molar-refractivity contribution in [2.24, 2.45) is 0 Å². The molecular formula is C12H16OS2. The van der Waals surface area contributed by atoms with E-state index in [0.29, 0.717) is 11.0 Å². The van der Waals surface area contributed by atoms with E-state index in [1.165, 1.54) is 23.5 Å². The van der Waals surface area contributed by atoms with E-state index in [4.69, 9.17) is 0 Å². The van der Waals surface area contributed by atoms with Crippen LogP contribution in [0.3, 0.4) is 0 Å². The van der Waals surface area contributed by atoms with Gasteiger partial charge in [-0.1, -0.05) is 12.5 Å². The molecule has 2 rings (SSSR count). The van der Waals surface area contributed by atoms with E-state index in [-0.39, 0.29) is 0 Å². The van der Waals surface area contributed by atoms with Crippen molar-refractivity contribution in [2.75, 3.05) is 5.75 Å². The number of hydrogen-bond donors (Lipinski definition) is 0. The maximum absolute atomic E-state index is 11.9. The van der Waals surface area contributed by atoms with E-state index in [1.807, 2.05) is 11.8 Å². The van der Waals surface area contributed by atoms with E-state index in [1.54, 1.807) is 11.3 Å². The number of hydrogen-bond acceptors (Lipinski definition) is 3. The summed E-state index contributed by atoms with van der Waals surface area (Å²) in [6.45, 7) is 0. The number of rotatable bonds is 4. The Bertz CT molecular complexity index is 299. The fourth-order valence-corrected chi connectivity index (χ4v) is 3.86. The van der Waals surface area contributed by atoms with Crippen LogP contribution in [0.15, 0.2) is 17.5 Å². The van der Waals surface area contributed by atoms with E-state index >= 15 is 0 Å². The van der Waals surface area contributed by atoms with E-state index in [0.717, 1.165) is 19.3 Å². The molecule has 1 atom stereocenters. The minimum absolute atomic E-state index is 0.304. The van der Waals surface area contributed by atoms with Gasteiger partial charge in [0.25, 0.3) is 0 Å². The quantitative estimate of drug-likeness (QED) is 0.801. The summed E-state index contributed by atoms with van der Waals surface area (Å²) >= 11 is 3.61. The minimum atomic E-state index is 0.304. The van der Waals surface area contributed by atoms with Crippen LogP contribution in [0, 0.1) is 0 Å². The number of carbonyl (C=O) groups is 1. The molecule has 0 N–H and O–H groups in total. The van der Waals surface area contributed by atoms with Crippen LogP contribution in [0.5, 0.6) is 0 Å². The molecule has 0 aromatic carbocycles. The average Bonchev–Trinajstić information content (AvgIpc) is 2.80. The zero-order valence-corrected chi connectivity index (χ0v) is 10.4. The Morgan fingerprint density at radius 2 is 2.40 bits per heavy atom. The highest BCUT2D eigenvalue weighted by molar-refractivity contribution is 8.00. The normalized spacial score (nSPS) is 21.5. The van der Waals surface area contributed by atoms with Crippen molar-refractivity contribution < 1.29 is 4.79 Å². The smallest absolute Gasteiger partial charge is 0.146 e. The lowest BCUT2D eigenvalue weighted by atomic mass is 10.1. The molecule has 0 saturated carbocycles. The van der Waals surface area contributed by atoms with Gasteiger partial charge >= 0.3 is 0 Å². The second-order valence-corrected chi connectivity index (χ2v) is 6.24. The fraction of sp³-hybridized carbons (Fsp3) is 0.583. The molecule has 0 amide bonds. The van der Waals surface area contributed by atoms with Crippen LogP contribution in [-0.2, 0) is 11.2 Å². The Labute approximate surface area is 99.3 Å². The molecule has 0 aliphatic carbocycles. The molecule has 1 nitrogen and oxygen atoms in total. The molecular weight excluding hydrogens is 224 g/mol. The maximum Gasteiger partial charge on any atom is 0.146 e. The second kappa shape index (κ2) is 5.71. The Morgan fingerprint density at radius 1 is 1.47 bits per heavy atom. The lowest BCUT2D eigenvalue weighted by Gasteiger charge is -2.19. The van der Waals surface area contributed by atoms with Gasteiger partial charge in [-0.15, -0.1) is 11.3 Å². The molecule has 15 heavy (non-hydrogen) atoms. The van der Waals surface area contributed by atoms with Crippen LogP contribution in [0.1, 0.15) is 30.6 Å². The van der Waals surface area contributed by atoms with Crippen molar-refractivity contribution in [3.63, 3.8) is 0 Å². The van der Waals surface area contributed by atoms with Crippen LogP contribution in [0.2, 0.25) is 0 Å². The first kappa shape index (κ1) is 11.2. The van der Waals surface area contributed by atoms with Gasteiger partial charge in [0, 0.05) is 11.3 Å². The fourth-order valence-electron chi connectivity index (χ4n) is 1.86. The van der Waals surface area contributed by atoms with Crippen LogP contribution < -0.4 is 0 Å². The predicted molar refractivity (Wildman–Crippen MR) is 67.7 cm³/mol. The van der Waals surface area contributed by atoms with Crippen molar-refractivity contribution in [1.82, 2.24) is 0 Å². The molecule has 82 valence electrons. The zero-order chi connectivity index (χ0) is 10.5. The van der Waals surface area contributed by atoms with E-state index in [2.05, 4.69) is 17.5 Å². The van der Waals surface area contributed by atoms with Gasteiger partial charge in [0.05, 0.1) is 5.25 Å². The topological polar surface area (TPSA) is 17.1 Å². The molecule has 0 radical (unpaired) electrons. The summed E-state index contributed by atoms with van der Waals surface area (Å²) in [7, 11) is 0. The van der Waals surface area contributed by atoms with Crippen LogP contribution >= 0.6 is 23.1 Å². The van der Waals surface area contributed by atoms with Gasteiger partial charge in [-0.25, -0.2) is 0 Å². The van der Waals surface area contributed by atoms with Crippen LogP contribution in [-0.4, -0.2) is 16.8 Å². The molecule has 1 aromatic rings. The lowest BCUT2D eigenvalue weighted by Crippen LogP contribution is -2.21. The molecule has 0 bridgehead atoms. The van der Waals surface area contributed by atoms with Crippen LogP contribution in [0.4, 0.5) is 0 Å². The monoisotopic (exact) mass is 240 g/mol. The van der Waals surface area contributed by atoms with Crippen molar-refractivity contribution in [3.05, 3.63) is 22.4 Å². The van der Waals surface area contributed by atoms with Crippen molar-refractivity contribution in [3.8, 4) is 0 Å². The summed E-state index contributed by atoms with van der Waals surface area (Å²) < 4.78 is 0. The average molecular weight is 240 g/mol. The van der Waals surface area contributed by atoms with Gasteiger partial charge in [-0.3, -0.25) is 4.79 Å². The first-order chi connectivity index (χ1) is 7.36.